The average molecular weight is 365 g/mol. The summed E-state index contributed by atoms with van der Waals surface area (Å²) in [7, 11) is 0. The van der Waals surface area contributed by atoms with E-state index in [0.717, 1.165) is 12.2 Å². The van der Waals surface area contributed by atoms with E-state index in [1.165, 1.54) is 0 Å². The van der Waals surface area contributed by atoms with Gasteiger partial charge in [-0.15, -0.1) is 0 Å². The van der Waals surface area contributed by atoms with E-state index in [1.54, 1.807) is 30.5 Å². The molecule has 2 heterocycles. The summed E-state index contributed by atoms with van der Waals surface area (Å²) in [6, 6.07) is 8.41. The zero-order valence-corrected chi connectivity index (χ0v) is 14.3. The molecule has 3 aromatic rings. The summed E-state index contributed by atoms with van der Waals surface area (Å²) < 4.78 is 7.03. The molecule has 1 N–H and O–H groups in total. The van der Waals surface area contributed by atoms with Crippen molar-refractivity contribution < 1.29 is 9.32 Å². The van der Waals surface area contributed by atoms with Crippen LogP contribution in [0.1, 0.15) is 23.1 Å². The maximum Gasteiger partial charge on any atom is 0.273 e. The van der Waals surface area contributed by atoms with E-state index in [4.69, 9.17) is 27.7 Å². The molecule has 124 valence electrons. The van der Waals surface area contributed by atoms with Gasteiger partial charge in [0, 0.05) is 29.4 Å². The maximum absolute atomic E-state index is 12.2. The first-order valence-electron chi connectivity index (χ1n) is 7.29. The number of amides is 1. The van der Waals surface area contributed by atoms with Gasteiger partial charge >= 0.3 is 0 Å². The van der Waals surface area contributed by atoms with Crippen LogP contribution in [0.5, 0.6) is 0 Å². The molecule has 0 spiro atoms. The van der Waals surface area contributed by atoms with Crippen LogP contribution >= 0.6 is 23.2 Å². The Morgan fingerprint density at radius 2 is 2.12 bits per heavy atom. The van der Waals surface area contributed by atoms with Crippen LogP contribution in [0.25, 0.3) is 11.3 Å². The van der Waals surface area contributed by atoms with Crippen LogP contribution in [-0.2, 0) is 13.1 Å². The number of aromatic nitrogens is 3. The summed E-state index contributed by atoms with van der Waals surface area (Å²) in [5.74, 6) is 0.0688. The van der Waals surface area contributed by atoms with Gasteiger partial charge in [-0.3, -0.25) is 9.48 Å². The first-order chi connectivity index (χ1) is 11.6. The number of hydrogen-bond donors (Lipinski definition) is 1. The van der Waals surface area contributed by atoms with Crippen molar-refractivity contribution in [1.29, 1.82) is 0 Å². The van der Waals surface area contributed by atoms with E-state index in [-0.39, 0.29) is 11.6 Å². The Bertz CT molecular complexity index is 873. The maximum atomic E-state index is 12.2. The number of hydrogen-bond acceptors (Lipinski definition) is 4. The molecule has 0 saturated heterocycles. The molecule has 1 amide bonds. The molecule has 0 aliphatic rings. The van der Waals surface area contributed by atoms with E-state index in [1.807, 2.05) is 17.7 Å². The molecular formula is C16H14Cl2N4O2. The Labute approximate surface area is 148 Å². The van der Waals surface area contributed by atoms with Gasteiger partial charge in [0.25, 0.3) is 5.91 Å². The Kier molecular flexibility index (Phi) is 4.87. The standard InChI is InChI=1S/C16H14Cl2N4O2/c1-2-22-11(5-6-20-22)9-19-16(23)14-8-15(24-21-14)12-4-3-10(17)7-13(12)18/h3-8H,2,9H2,1H3,(H,19,23). The Morgan fingerprint density at radius 3 is 2.88 bits per heavy atom. The molecule has 0 unspecified atom stereocenters. The Morgan fingerprint density at radius 1 is 1.29 bits per heavy atom. The topological polar surface area (TPSA) is 73.0 Å². The van der Waals surface area contributed by atoms with E-state index in [9.17, 15) is 4.79 Å². The lowest BCUT2D eigenvalue weighted by Crippen LogP contribution is -2.24. The molecule has 0 aliphatic carbocycles. The molecule has 1 aromatic carbocycles. The molecule has 0 aliphatic heterocycles. The minimum absolute atomic E-state index is 0.179. The number of benzene rings is 1. The Balaban J connectivity index is 1.72. The highest BCUT2D eigenvalue weighted by Gasteiger charge is 2.16. The zero-order valence-electron chi connectivity index (χ0n) is 12.8. The molecule has 0 fully saturated rings. The third-order valence-corrected chi connectivity index (χ3v) is 4.02. The van der Waals surface area contributed by atoms with Crippen molar-refractivity contribution in [1.82, 2.24) is 20.3 Å². The Hall–Kier alpha value is -2.31. The quantitative estimate of drug-likeness (QED) is 0.747. The van der Waals surface area contributed by atoms with Crippen LogP contribution in [0.4, 0.5) is 0 Å². The summed E-state index contributed by atoms with van der Waals surface area (Å²) >= 11 is 12.0. The van der Waals surface area contributed by atoms with Crippen LogP contribution in [0.2, 0.25) is 10.0 Å². The molecule has 0 atom stereocenters. The van der Waals surface area contributed by atoms with Crippen molar-refractivity contribution in [3.05, 3.63) is 58.0 Å². The summed E-state index contributed by atoms with van der Waals surface area (Å²) in [5, 5.41) is 11.7. The third-order valence-electron chi connectivity index (χ3n) is 3.47. The first kappa shape index (κ1) is 16.5. The number of carbonyl (C=O) groups is 1. The highest BCUT2D eigenvalue weighted by atomic mass is 35.5. The van der Waals surface area contributed by atoms with E-state index < -0.39 is 0 Å². The van der Waals surface area contributed by atoms with Crippen LogP contribution in [-0.4, -0.2) is 20.8 Å². The van der Waals surface area contributed by atoms with Gasteiger partial charge in [0.15, 0.2) is 11.5 Å². The minimum atomic E-state index is -0.334. The predicted molar refractivity (Wildman–Crippen MR) is 91.0 cm³/mol. The summed E-state index contributed by atoms with van der Waals surface area (Å²) in [4.78, 5) is 12.2. The van der Waals surface area contributed by atoms with Crippen molar-refractivity contribution >= 4 is 29.1 Å². The lowest BCUT2D eigenvalue weighted by Gasteiger charge is -2.05. The summed E-state index contributed by atoms with van der Waals surface area (Å²) in [5.41, 5.74) is 1.71. The summed E-state index contributed by atoms with van der Waals surface area (Å²) in [6.45, 7) is 3.08. The zero-order chi connectivity index (χ0) is 17.1. The fourth-order valence-electron chi connectivity index (χ4n) is 2.25. The van der Waals surface area contributed by atoms with Gasteiger partial charge in [0.2, 0.25) is 0 Å². The number of carbonyl (C=O) groups excluding carboxylic acids is 1. The molecular weight excluding hydrogens is 351 g/mol. The van der Waals surface area contributed by atoms with Crippen LogP contribution in [0, 0.1) is 0 Å². The molecule has 0 radical (unpaired) electrons. The van der Waals surface area contributed by atoms with Crippen LogP contribution < -0.4 is 5.32 Å². The molecule has 0 bridgehead atoms. The highest BCUT2D eigenvalue weighted by molar-refractivity contribution is 6.36. The fourth-order valence-corrected chi connectivity index (χ4v) is 2.76. The molecule has 0 saturated carbocycles. The second-order valence-electron chi connectivity index (χ2n) is 5.02. The highest BCUT2D eigenvalue weighted by Crippen LogP contribution is 2.30. The van der Waals surface area contributed by atoms with Crippen LogP contribution in [0.3, 0.4) is 0 Å². The lowest BCUT2D eigenvalue weighted by atomic mass is 10.1. The molecule has 3 rings (SSSR count). The van der Waals surface area contributed by atoms with Gasteiger partial charge in [-0.1, -0.05) is 28.4 Å². The summed E-state index contributed by atoms with van der Waals surface area (Å²) in [6.07, 6.45) is 1.70. The van der Waals surface area contributed by atoms with Gasteiger partial charge in [-0.2, -0.15) is 5.10 Å². The third kappa shape index (κ3) is 3.44. The van der Waals surface area contributed by atoms with Crippen LogP contribution in [0.15, 0.2) is 41.1 Å². The number of nitrogens with one attached hydrogen (secondary N) is 1. The number of rotatable bonds is 5. The predicted octanol–water partition coefficient (Wildman–Crippen LogP) is 3.79. The van der Waals surface area contributed by atoms with E-state index in [2.05, 4.69) is 15.6 Å². The molecule has 8 heteroatoms. The second kappa shape index (κ2) is 7.07. The van der Waals surface area contributed by atoms with Crippen molar-refractivity contribution in [2.45, 2.75) is 20.0 Å². The number of nitrogens with zero attached hydrogens (tertiary/aromatic N) is 3. The van der Waals surface area contributed by atoms with Gasteiger partial charge < -0.3 is 9.84 Å². The van der Waals surface area contributed by atoms with Gasteiger partial charge in [0.05, 0.1) is 17.3 Å². The van der Waals surface area contributed by atoms with Crippen molar-refractivity contribution in [2.24, 2.45) is 0 Å². The first-order valence-corrected chi connectivity index (χ1v) is 8.05. The fraction of sp³-hybridized carbons (Fsp3) is 0.188. The monoisotopic (exact) mass is 364 g/mol. The van der Waals surface area contributed by atoms with Crippen molar-refractivity contribution in [3.63, 3.8) is 0 Å². The average Bonchev–Trinajstić information content (AvgIpc) is 3.21. The smallest absolute Gasteiger partial charge is 0.273 e. The molecule has 2 aromatic heterocycles. The normalized spacial score (nSPS) is 10.8. The van der Waals surface area contributed by atoms with Crippen molar-refractivity contribution in [2.75, 3.05) is 0 Å². The van der Waals surface area contributed by atoms with Gasteiger partial charge in [-0.25, -0.2) is 0 Å². The van der Waals surface area contributed by atoms with E-state index >= 15 is 0 Å². The lowest BCUT2D eigenvalue weighted by molar-refractivity contribution is 0.0941. The largest absolute Gasteiger partial charge is 0.355 e. The molecule has 24 heavy (non-hydrogen) atoms. The molecule has 6 nitrogen and oxygen atoms in total. The van der Waals surface area contributed by atoms with E-state index in [0.29, 0.717) is 27.9 Å². The number of aryl methyl sites for hydroxylation is 1. The minimum Gasteiger partial charge on any atom is -0.355 e. The number of halogens is 2. The van der Waals surface area contributed by atoms with Gasteiger partial charge in [-0.05, 0) is 31.2 Å². The SMILES string of the molecule is CCn1nccc1CNC(=O)c1cc(-c2ccc(Cl)cc2Cl)on1. The van der Waals surface area contributed by atoms with Gasteiger partial charge in [0.1, 0.15) is 0 Å². The van der Waals surface area contributed by atoms with Crippen molar-refractivity contribution in [3.8, 4) is 11.3 Å². The second-order valence-corrected chi connectivity index (χ2v) is 5.87.